The molecule has 2 aromatic heterocycles. The van der Waals surface area contributed by atoms with Gasteiger partial charge in [-0.2, -0.15) is 0 Å². The lowest BCUT2D eigenvalue weighted by Crippen LogP contribution is -2.45. The molecular formula is C22H24ClN5O. The molecule has 2 aliphatic rings. The first-order chi connectivity index (χ1) is 14.1. The molecule has 1 amide bonds. The lowest BCUT2D eigenvalue weighted by molar-refractivity contribution is -0.137. The number of nitrogens with zero attached hydrogens (tertiary/aromatic N) is 5. The Kier molecular flexibility index (Phi) is 4.66. The normalized spacial score (nSPS) is 17.6. The molecule has 0 atom stereocenters. The van der Waals surface area contributed by atoms with E-state index < -0.39 is 0 Å². The summed E-state index contributed by atoms with van der Waals surface area (Å²) in [5.41, 5.74) is 4.43. The molecule has 0 aliphatic carbocycles. The average Bonchev–Trinajstić information content (AvgIpc) is 3.21. The fraction of sp³-hybridized carbons (Fsp3) is 0.409. The molecule has 0 N–H and O–H groups in total. The van der Waals surface area contributed by atoms with Gasteiger partial charge in [-0.3, -0.25) is 9.78 Å². The largest absolute Gasteiger partial charge is 0.371 e. The lowest BCUT2D eigenvalue weighted by Gasteiger charge is -2.37. The lowest BCUT2D eigenvalue weighted by atomic mass is 9.93. The van der Waals surface area contributed by atoms with Crippen LogP contribution in [0.25, 0.3) is 10.9 Å². The topological polar surface area (TPSA) is 54.3 Å². The zero-order valence-corrected chi connectivity index (χ0v) is 17.3. The SMILES string of the molecule is Cc1cnc2ccc(Cl)cc2c1N1CCC(C(=O)N2CCn3cncc3C2)CC1. The molecule has 1 saturated heterocycles. The Labute approximate surface area is 175 Å². The number of hydrogen-bond donors (Lipinski definition) is 0. The van der Waals surface area contributed by atoms with E-state index in [1.54, 1.807) is 0 Å². The van der Waals surface area contributed by atoms with E-state index in [4.69, 9.17) is 11.6 Å². The minimum Gasteiger partial charge on any atom is -0.371 e. The highest BCUT2D eigenvalue weighted by molar-refractivity contribution is 6.31. The Morgan fingerprint density at radius 3 is 2.79 bits per heavy atom. The van der Waals surface area contributed by atoms with Crippen molar-refractivity contribution in [2.45, 2.75) is 32.9 Å². The van der Waals surface area contributed by atoms with E-state index in [0.29, 0.717) is 6.54 Å². The van der Waals surface area contributed by atoms with Crippen molar-refractivity contribution in [3.63, 3.8) is 0 Å². The summed E-state index contributed by atoms with van der Waals surface area (Å²) < 4.78 is 2.13. The van der Waals surface area contributed by atoms with Gasteiger partial charge in [-0.25, -0.2) is 4.98 Å². The maximum atomic E-state index is 13.1. The minimum atomic E-state index is 0.0951. The summed E-state index contributed by atoms with van der Waals surface area (Å²) in [5, 5.41) is 1.81. The van der Waals surface area contributed by atoms with Crippen molar-refractivity contribution in [3.8, 4) is 0 Å². The molecule has 6 nitrogen and oxygen atoms in total. The van der Waals surface area contributed by atoms with E-state index in [1.807, 2.05) is 41.8 Å². The second kappa shape index (κ2) is 7.34. The summed E-state index contributed by atoms with van der Waals surface area (Å²) in [5.74, 6) is 0.383. The molecule has 1 aromatic carbocycles. The van der Waals surface area contributed by atoms with Gasteiger partial charge in [0.25, 0.3) is 0 Å². The summed E-state index contributed by atoms with van der Waals surface area (Å²) in [4.78, 5) is 26.2. The minimum absolute atomic E-state index is 0.0951. The number of aryl methyl sites for hydroxylation is 1. The number of halogens is 1. The number of piperidine rings is 1. The number of rotatable bonds is 2. The van der Waals surface area contributed by atoms with Crippen LogP contribution in [-0.2, 0) is 17.9 Å². The molecule has 0 unspecified atom stereocenters. The molecule has 0 spiro atoms. The highest BCUT2D eigenvalue weighted by Gasteiger charge is 2.31. The Hall–Kier alpha value is -2.60. The molecule has 3 aromatic rings. The van der Waals surface area contributed by atoms with E-state index in [1.165, 1.54) is 5.69 Å². The zero-order chi connectivity index (χ0) is 20.0. The quantitative estimate of drug-likeness (QED) is 0.648. The van der Waals surface area contributed by atoms with Crippen LogP contribution in [0.5, 0.6) is 0 Å². The summed E-state index contributed by atoms with van der Waals surface area (Å²) in [7, 11) is 0. The number of carbonyl (C=O) groups is 1. The number of fused-ring (bicyclic) bond motifs is 2. The van der Waals surface area contributed by atoms with Gasteiger partial charge in [0.1, 0.15) is 0 Å². The van der Waals surface area contributed by atoms with Crippen molar-refractivity contribution < 1.29 is 4.79 Å². The van der Waals surface area contributed by atoms with Crippen LogP contribution in [0.3, 0.4) is 0 Å². The first kappa shape index (κ1) is 18.4. The van der Waals surface area contributed by atoms with Crippen molar-refractivity contribution in [2.24, 2.45) is 5.92 Å². The van der Waals surface area contributed by atoms with Gasteiger partial charge in [0, 0.05) is 54.9 Å². The molecule has 4 heterocycles. The predicted molar refractivity (Wildman–Crippen MR) is 114 cm³/mol. The van der Waals surface area contributed by atoms with Crippen LogP contribution in [0, 0.1) is 12.8 Å². The summed E-state index contributed by atoms with van der Waals surface area (Å²) in [6.07, 6.45) is 7.39. The van der Waals surface area contributed by atoms with Crippen LogP contribution in [0.1, 0.15) is 24.1 Å². The van der Waals surface area contributed by atoms with Crippen molar-refractivity contribution in [3.05, 3.63) is 53.2 Å². The van der Waals surface area contributed by atoms with Gasteiger partial charge in [0.05, 0.1) is 29.8 Å². The Balaban J connectivity index is 1.31. The van der Waals surface area contributed by atoms with E-state index in [9.17, 15) is 4.79 Å². The number of amides is 1. The van der Waals surface area contributed by atoms with E-state index in [-0.39, 0.29) is 11.8 Å². The summed E-state index contributed by atoms with van der Waals surface area (Å²) in [6.45, 7) is 6.11. The van der Waals surface area contributed by atoms with Crippen LogP contribution < -0.4 is 4.90 Å². The number of carbonyl (C=O) groups excluding carboxylic acids is 1. The van der Waals surface area contributed by atoms with Crippen LogP contribution in [0.15, 0.2) is 36.9 Å². The predicted octanol–water partition coefficient (Wildman–Crippen LogP) is 3.65. The maximum absolute atomic E-state index is 13.1. The van der Waals surface area contributed by atoms with Gasteiger partial charge in [-0.05, 0) is 43.5 Å². The van der Waals surface area contributed by atoms with E-state index in [0.717, 1.165) is 66.2 Å². The molecular weight excluding hydrogens is 386 g/mol. The standard InChI is InChI=1S/C22H24ClN5O/c1-15-11-25-20-3-2-17(23)10-19(20)21(15)26-6-4-16(5-7-26)22(29)27-8-9-28-14-24-12-18(28)13-27/h2-3,10-12,14,16H,4-9,13H2,1H3. The Morgan fingerprint density at radius 1 is 1.14 bits per heavy atom. The van der Waals surface area contributed by atoms with Gasteiger partial charge >= 0.3 is 0 Å². The van der Waals surface area contributed by atoms with Gasteiger partial charge < -0.3 is 14.4 Å². The third kappa shape index (κ3) is 3.35. The van der Waals surface area contributed by atoms with Crippen LogP contribution in [-0.4, -0.2) is 45.0 Å². The molecule has 0 saturated carbocycles. The molecule has 29 heavy (non-hydrogen) atoms. The van der Waals surface area contributed by atoms with Crippen molar-refractivity contribution in [1.29, 1.82) is 0 Å². The second-order valence-electron chi connectivity index (χ2n) is 8.05. The Bertz CT molecular complexity index is 1060. The number of hydrogen-bond acceptors (Lipinski definition) is 4. The first-order valence-corrected chi connectivity index (χ1v) is 10.6. The van der Waals surface area contributed by atoms with Crippen LogP contribution in [0.4, 0.5) is 5.69 Å². The number of aromatic nitrogens is 3. The molecule has 2 aliphatic heterocycles. The number of anilines is 1. The fourth-order valence-electron chi connectivity index (χ4n) is 4.65. The highest BCUT2D eigenvalue weighted by atomic mass is 35.5. The van der Waals surface area contributed by atoms with Crippen LogP contribution >= 0.6 is 11.6 Å². The van der Waals surface area contributed by atoms with Gasteiger partial charge in [-0.15, -0.1) is 0 Å². The average molecular weight is 410 g/mol. The zero-order valence-electron chi connectivity index (χ0n) is 16.5. The first-order valence-electron chi connectivity index (χ1n) is 10.2. The Morgan fingerprint density at radius 2 is 1.97 bits per heavy atom. The molecule has 150 valence electrons. The molecule has 1 fully saturated rings. The van der Waals surface area contributed by atoms with Crippen molar-refractivity contribution >= 4 is 34.1 Å². The smallest absolute Gasteiger partial charge is 0.226 e. The molecule has 0 radical (unpaired) electrons. The van der Waals surface area contributed by atoms with Gasteiger partial charge in [0.2, 0.25) is 5.91 Å². The monoisotopic (exact) mass is 409 g/mol. The molecule has 5 rings (SSSR count). The van der Waals surface area contributed by atoms with Crippen molar-refractivity contribution in [1.82, 2.24) is 19.4 Å². The summed E-state index contributed by atoms with van der Waals surface area (Å²) >= 11 is 6.26. The fourth-order valence-corrected chi connectivity index (χ4v) is 4.82. The third-order valence-electron chi connectivity index (χ3n) is 6.22. The third-order valence-corrected chi connectivity index (χ3v) is 6.45. The van der Waals surface area contributed by atoms with Gasteiger partial charge in [0.15, 0.2) is 0 Å². The van der Waals surface area contributed by atoms with Gasteiger partial charge in [-0.1, -0.05) is 11.6 Å². The molecule has 7 heteroatoms. The van der Waals surface area contributed by atoms with Crippen molar-refractivity contribution in [2.75, 3.05) is 24.5 Å². The summed E-state index contributed by atoms with van der Waals surface area (Å²) in [6, 6.07) is 5.85. The highest BCUT2D eigenvalue weighted by Crippen LogP contribution is 2.34. The van der Waals surface area contributed by atoms with E-state index >= 15 is 0 Å². The number of imidazole rings is 1. The van der Waals surface area contributed by atoms with E-state index in [2.05, 4.69) is 26.4 Å². The number of benzene rings is 1. The second-order valence-corrected chi connectivity index (χ2v) is 8.49. The number of pyridine rings is 1. The maximum Gasteiger partial charge on any atom is 0.226 e. The van der Waals surface area contributed by atoms with Crippen LogP contribution in [0.2, 0.25) is 5.02 Å². The molecule has 0 bridgehead atoms.